The Bertz CT molecular complexity index is 326. The van der Waals surface area contributed by atoms with Crippen LogP contribution in [0.25, 0.3) is 0 Å². The molecule has 1 saturated heterocycles. The van der Waals surface area contributed by atoms with Crippen molar-refractivity contribution in [1.82, 2.24) is 15.5 Å². The van der Waals surface area contributed by atoms with Crippen molar-refractivity contribution in [2.45, 2.75) is 57.7 Å². The number of likely N-dealkylation sites (tertiary alicyclic amines) is 1. The Hall–Kier alpha value is -1.10. The Balaban J connectivity index is 1.70. The maximum Gasteiger partial charge on any atom is 0.239 e. The van der Waals surface area contributed by atoms with Crippen LogP contribution in [-0.2, 0) is 9.59 Å². The van der Waals surface area contributed by atoms with Crippen molar-refractivity contribution in [3.63, 3.8) is 0 Å². The van der Waals surface area contributed by atoms with E-state index in [4.69, 9.17) is 0 Å². The van der Waals surface area contributed by atoms with Gasteiger partial charge in [0, 0.05) is 31.6 Å². The summed E-state index contributed by atoms with van der Waals surface area (Å²) in [5.41, 5.74) is 0. The molecule has 0 aromatic rings. The molecule has 1 atom stereocenters. The molecule has 2 rings (SSSR count). The van der Waals surface area contributed by atoms with Crippen molar-refractivity contribution >= 4 is 11.8 Å². The highest BCUT2D eigenvalue weighted by Gasteiger charge is 2.32. The lowest BCUT2D eigenvalue weighted by Crippen LogP contribution is -2.42. The summed E-state index contributed by atoms with van der Waals surface area (Å²) < 4.78 is 0. The summed E-state index contributed by atoms with van der Waals surface area (Å²) in [5, 5.41) is 6.20. The van der Waals surface area contributed by atoms with E-state index in [0.29, 0.717) is 25.0 Å². The molecule has 2 aliphatic rings. The Morgan fingerprint density at radius 3 is 2.72 bits per heavy atom. The summed E-state index contributed by atoms with van der Waals surface area (Å²) in [6, 6.07) is 0.663. The van der Waals surface area contributed by atoms with Crippen molar-refractivity contribution in [3.8, 4) is 0 Å². The predicted octanol–water partition coefficient (Wildman–Crippen LogP) is 0.254. The van der Waals surface area contributed by atoms with Crippen LogP contribution in [0, 0.1) is 0 Å². The smallest absolute Gasteiger partial charge is 0.239 e. The number of hydrogen-bond acceptors (Lipinski definition) is 3. The van der Waals surface area contributed by atoms with Crippen molar-refractivity contribution in [3.05, 3.63) is 0 Å². The number of amides is 2. The fourth-order valence-corrected chi connectivity index (χ4v) is 2.28. The van der Waals surface area contributed by atoms with E-state index in [9.17, 15) is 9.59 Å². The van der Waals surface area contributed by atoms with Gasteiger partial charge in [0.25, 0.3) is 0 Å². The summed E-state index contributed by atoms with van der Waals surface area (Å²) in [7, 11) is 0. The van der Waals surface area contributed by atoms with E-state index in [-0.39, 0.29) is 17.9 Å². The lowest BCUT2D eigenvalue weighted by molar-refractivity contribution is -0.130. The summed E-state index contributed by atoms with van der Waals surface area (Å²) in [6.07, 6.45) is 3.49. The van der Waals surface area contributed by atoms with E-state index >= 15 is 0 Å². The molecule has 0 bridgehead atoms. The van der Waals surface area contributed by atoms with Crippen LogP contribution >= 0.6 is 0 Å². The maximum atomic E-state index is 12.0. The highest BCUT2D eigenvalue weighted by molar-refractivity contribution is 5.85. The van der Waals surface area contributed by atoms with Gasteiger partial charge in [-0.25, -0.2) is 0 Å². The molecule has 2 amide bonds. The molecule has 0 radical (unpaired) electrons. The molecular weight excluding hydrogens is 230 g/mol. The van der Waals surface area contributed by atoms with Crippen LogP contribution in [0.1, 0.15) is 39.5 Å². The van der Waals surface area contributed by atoms with E-state index < -0.39 is 0 Å². The van der Waals surface area contributed by atoms with E-state index in [2.05, 4.69) is 10.6 Å². The molecule has 18 heavy (non-hydrogen) atoms. The molecule has 5 heteroatoms. The number of nitrogens with one attached hydrogen (secondary N) is 2. The molecule has 2 N–H and O–H groups in total. The van der Waals surface area contributed by atoms with Crippen molar-refractivity contribution in [2.24, 2.45) is 0 Å². The number of hydrogen-bond donors (Lipinski definition) is 2. The largest absolute Gasteiger partial charge is 0.353 e. The molecule has 0 spiro atoms. The number of carbonyl (C=O) groups is 2. The van der Waals surface area contributed by atoms with E-state index in [1.807, 2.05) is 13.8 Å². The standard InChI is InChI=1S/C13H23N3O2/c1-9(2)14-11-5-7-16(13(11)18)8-6-12(17)15-10-3-4-10/h9-11,14H,3-8H2,1-2H3,(H,15,17). The third-order valence-electron chi connectivity index (χ3n) is 3.38. The quantitative estimate of drug-likeness (QED) is 0.713. The van der Waals surface area contributed by atoms with Gasteiger partial charge in [-0.05, 0) is 19.3 Å². The molecule has 0 aromatic carbocycles. The fraction of sp³-hybridized carbons (Fsp3) is 0.846. The Kier molecular flexibility index (Phi) is 4.22. The van der Waals surface area contributed by atoms with Gasteiger partial charge < -0.3 is 15.5 Å². The van der Waals surface area contributed by atoms with E-state index in [1.165, 1.54) is 0 Å². The highest BCUT2D eigenvalue weighted by atomic mass is 16.2. The van der Waals surface area contributed by atoms with Crippen LogP contribution < -0.4 is 10.6 Å². The highest BCUT2D eigenvalue weighted by Crippen LogP contribution is 2.19. The molecule has 1 heterocycles. The molecule has 5 nitrogen and oxygen atoms in total. The van der Waals surface area contributed by atoms with Crippen molar-refractivity contribution in [2.75, 3.05) is 13.1 Å². The average molecular weight is 253 g/mol. The molecule has 1 unspecified atom stereocenters. The van der Waals surface area contributed by atoms with Gasteiger partial charge in [0.05, 0.1) is 6.04 Å². The monoisotopic (exact) mass is 253 g/mol. The number of rotatable bonds is 6. The maximum absolute atomic E-state index is 12.0. The minimum absolute atomic E-state index is 0.0588. The van der Waals surface area contributed by atoms with Crippen LogP contribution in [0.3, 0.4) is 0 Å². The molecule has 102 valence electrons. The first-order valence-electron chi connectivity index (χ1n) is 6.90. The third-order valence-corrected chi connectivity index (χ3v) is 3.38. The zero-order valence-corrected chi connectivity index (χ0v) is 11.2. The van der Waals surface area contributed by atoms with Gasteiger partial charge in [0.1, 0.15) is 0 Å². The molecular formula is C13H23N3O2. The lowest BCUT2D eigenvalue weighted by atomic mass is 10.2. The van der Waals surface area contributed by atoms with E-state index in [1.54, 1.807) is 4.90 Å². The van der Waals surface area contributed by atoms with Crippen LogP contribution in [0.15, 0.2) is 0 Å². The van der Waals surface area contributed by atoms with Gasteiger partial charge in [0.15, 0.2) is 0 Å². The van der Waals surface area contributed by atoms with Crippen LogP contribution in [0.2, 0.25) is 0 Å². The van der Waals surface area contributed by atoms with Gasteiger partial charge >= 0.3 is 0 Å². The topological polar surface area (TPSA) is 61.4 Å². The normalized spacial score (nSPS) is 23.8. The van der Waals surface area contributed by atoms with Gasteiger partial charge in [-0.3, -0.25) is 9.59 Å². The summed E-state index contributed by atoms with van der Waals surface area (Å²) in [6.45, 7) is 5.39. The Morgan fingerprint density at radius 2 is 2.11 bits per heavy atom. The predicted molar refractivity (Wildman–Crippen MR) is 69.0 cm³/mol. The summed E-state index contributed by atoms with van der Waals surface area (Å²) in [4.78, 5) is 25.4. The molecule has 1 aliphatic heterocycles. The van der Waals surface area contributed by atoms with Gasteiger partial charge in [0.2, 0.25) is 11.8 Å². The Morgan fingerprint density at radius 1 is 1.39 bits per heavy atom. The van der Waals surface area contributed by atoms with Crippen molar-refractivity contribution in [1.29, 1.82) is 0 Å². The Labute approximate surface area is 108 Å². The first-order chi connectivity index (χ1) is 8.56. The fourth-order valence-electron chi connectivity index (χ4n) is 2.28. The molecule has 0 aromatic heterocycles. The summed E-state index contributed by atoms with van der Waals surface area (Å²) >= 11 is 0. The van der Waals surface area contributed by atoms with Crippen LogP contribution in [-0.4, -0.2) is 47.9 Å². The minimum atomic E-state index is -0.0588. The van der Waals surface area contributed by atoms with Gasteiger partial charge in [-0.1, -0.05) is 13.8 Å². The molecule has 1 saturated carbocycles. The number of nitrogens with zero attached hydrogens (tertiary/aromatic N) is 1. The first kappa shape index (κ1) is 13.3. The van der Waals surface area contributed by atoms with Crippen molar-refractivity contribution < 1.29 is 9.59 Å². The van der Waals surface area contributed by atoms with Gasteiger partial charge in [-0.2, -0.15) is 0 Å². The first-order valence-corrected chi connectivity index (χ1v) is 6.90. The third kappa shape index (κ3) is 3.70. The van der Waals surface area contributed by atoms with Gasteiger partial charge in [-0.15, -0.1) is 0 Å². The molecule has 2 fully saturated rings. The second kappa shape index (κ2) is 5.69. The average Bonchev–Trinajstić information content (AvgIpc) is 3.04. The minimum Gasteiger partial charge on any atom is -0.353 e. The second-order valence-corrected chi connectivity index (χ2v) is 5.58. The van der Waals surface area contributed by atoms with E-state index in [0.717, 1.165) is 25.8 Å². The summed E-state index contributed by atoms with van der Waals surface area (Å²) in [5.74, 6) is 0.216. The van der Waals surface area contributed by atoms with Crippen LogP contribution in [0.5, 0.6) is 0 Å². The second-order valence-electron chi connectivity index (χ2n) is 5.58. The number of carbonyl (C=O) groups excluding carboxylic acids is 2. The zero-order valence-electron chi connectivity index (χ0n) is 11.2. The SMILES string of the molecule is CC(C)NC1CCN(CCC(=O)NC2CC2)C1=O. The lowest BCUT2D eigenvalue weighted by Gasteiger charge is -2.18. The molecule has 1 aliphatic carbocycles. The zero-order chi connectivity index (χ0) is 13.1. The van der Waals surface area contributed by atoms with Crippen LogP contribution in [0.4, 0.5) is 0 Å².